The van der Waals surface area contributed by atoms with Crippen molar-refractivity contribution >= 4 is 11.6 Å². The van der Waals surface area contributed by atoms with Crippen molar-refractivity contribution in [2.45, 2.75) is 38.2 Å². The normalized spacial score (nSPS) is 16.0. The zero-order valence-electron chi connectivity index (χ0n) is 9.08. The molecule has 0 bridgehead atoms. The number of benzene rings is 1. The highest BCUT2D eigenvalue weighted by Crippen LogP contribution is 2.30. The third-order valence-electron chi connectivity index (χ3n) is 2.88. The molecule has 16 heavy (non-hydrogen) atoms. The maximum Gasteiger partial charge on any atom is 0.138 e. The molecule has 0 N–H and O–H groups in total. The van der Waals surface area contributed by atoms with Crippen LogP contribution < -0.4 is 4.74 Å². The van der Waals surface area contributed by atoms with Crippen molar-refractivity contribution in [3.05, 3.63) is 28.8 Å². The molecule has 0 heterocycles. The van der Waals surface area contributed by atoms with E-state index in [0.29, 0.717) is 17.5 Å². The summed E-state index contributed by atoms with van der Waals surface area (Å²) in [5, 5.41) is 9.20. The van der Waals surface area contributed by atoms with Gasteiger partial charge in [-0.3, -0.25) is 0 Å². The minimum Gasteiger partial charge on any atom is -0.489 e. The SMILES string of the molecule is N#CCc1ccc(OC2CCCC2)c(Cl)c1. The second kappa shape index (κ2) is 5.23. The smallest absolute Gasteiger partial charge is 0.138 e. The van der Waals surface area contributed by atoms with Crippen LogP contribution in [0.4, 0.5) is 0 Å². The van der Waals surface area contributed by atoms with Gasteiger partial charge in [0.2, 0.25) is 0 Å². The first kappa shape index (κ1) is 11.3. The topological polar surface area (TPSA) is 33.0 Å². The molecule has 0 spiro atoms. The molecule has 1 aliphatic carbocycles. The Morgan fingerprint density at radius 2 is 2.12 bits per heavy atom. The summed E-state index contributed by atoms with van der Waals surface area (Å²) >= 11 is 6.11. The molecule has 0 aliphatic heterocycles. The van der Waals surface area contributed by atoms with Gasteiger partial charge in [-0.15, -0.1) is 0 Å². The average Bonchev–Trinajstić information content (AvgIpc) is 2.75. The van der Waals surface area contributed by atoms with E-state index in [9.17, 15) is 0 Å². The van der Waals surface area contributed by atoms with Gasteiger partial charge in [0.05, 0.1) is 23.6 Å². The second-order valence-electron chi connectivity index (χ2n) is 4.12. The summed E-state index contributed by atoms with van der Waals surface area (Å²) in [5.74, 6) is 0.746. The van der Waals surface area contributed by atoms with Crippen LogP contribution >= 0.6 is 11.6 Å². The van der Waals surface area contributed by atoms with E-state index in [4.69, 9.17) is 21.6 Å². The van der Waals surface area contributed by atoms with Crippen LogP contribution in [-0.4, -0.2) is 6.10 Å². The van der Waals surface area contributed by atoms with Crippen LogP contribution in [0.15, 0.2) is 18.2 Å². The molecule has 0 unspecified atom stereocenters. The van der Waals surface area contributed by atoms with E-state index in [0.717, 1.165) is 24.2 Å². The highest BCUT2D eigenvalue weighted by Gasteiger charge is 2.17. The van der Waals surface area contributed by atoms with Crippen molar-refractivity contribution < 1.29 is 4.74 Å². The van der Waals surface area contributed by atoms with E-state index in [1.54, 1.807) is 0 Å². The number of rotatable bonds is 3. The molecule has 3 heteroatoms. The Morgan fingerprint density at radius 1 is 1.38 bits per heavy atom. The lowest BCUT2D eigenvalue weighted by Crippen LogP contribution is -2.11. The van der Waals surface area contributed by atoms with E-state index in [1.165, 1.54) is 12.8 Å². The summed E-state index contributed by atoms with van der Waals surface area (Å²) in [7, 11) is 0. The predicted molar refractivity (Wildman–Crippen MR) is 63.7 cm³/mol. The third-order valence-corrected chi connectivity index (χ3v) is 3.17. The second-order valence-corrected chi connectivity index (χ2v) is 4.53. The van der Waals surface area contributed by atoms with E-state index in [2.05, 4.69) is 6.07 Å². The molecule has 1 aliphatic rings. The average molecular weight is 236 g/mol. The molecule has 1 aromatic rings. The largest absolute Gasteiger partial charge is 0.489 e. The maximum absolute atomic E-state index is 8.59. The molecule has 0 atom stereocenters. The Balaban J connectivity index is 2.07. The van der Waals surface area contributed by atoms with Gasteiger partial charge in [0.1, 0.15) is 5.75 Å². The van der Waals surface area contributed by atoms with E-state index < -0.39 is 0 Å². The van der Waals surface area contributed by atoms with Crippen LogP contribution in [0.25, 0.3) is 0 Å². The van der Waals surface area contributed by atoms with Crippen molar-refractivity contribution in [1.29, 1.82) is 5.26 Å². The van der Waals surface area contributed by atoms with Gasteiger partial charge in [-0.05, 0) is 43.4 Å². The van der Waals surface area contributed by atoms with Gasteiger partial charge in [0.25, 0.3) is 0 Å². The predicted octanol–water partition coefficient (Wildman–Crippen LogP) is 3.73. The van der Waals surface area contributed by atoms with Crippen LogP contribution in [0.2, 0.25) is 5.02 Å². The van der Waals surface area contributed by atoms with Crippen LogP contribution in [-0.2, 0) is 6.42 Å². The first-order chi connectivity index (χ1) is 7.79. The molecule has 0 aromatic heterocycles. The van der Waals surface area contributed by atoms with Crippen LogP contribution in [0.1, 0.15) is 31.2 Å². The summed E-state index contributed by atoms with van der Waals surface area (Å²) in [4.78, 5) is 0. The van der Waals surface area contributed by atoms with Crippen molar-refractivity contribution in [3.8, 4) is 11.8 Å². The summed E-state index contributed by atoms with van der Waals surface area (Å²) < 4.78 is 5.82. The quantitative estimate of drug-likeness (QED) is 0.800. The summed E-state index contributed by atoms with van der Waals surface area (Å²) in [5.41, 5.74) is 0.936. The lowest BCUT2D eigenvalue weighted by atomic mass is 10.1. The number of hydrogen-bond donors (Lipinski definition) is 0. The standard InChI is InChI=1S/C13H14ClNO/c14-12-9-10(7-8-15)5-6-13(12)16-11-3-1-2-4-11/h5-6,9,11H,1-4,7H2. The summed E-state index contributed by atoms with van der Waals surface area (Å²) in [6.45, 7) is 0. The Kier molecular flexibility index (Phi) is 3.69. The zero-order valence-corrected chi connectivity index (χ0v) is 9.83. The van der Waals surface area contributed by atoms with Crippen molar-refractivity contribution in [2.75, 3.05) is 0 Å². The van der Waals surface area contributed by atoms with Crippen LogP contribution in [0, 0.1) is 11.3 Å². The lowest BCUT2D eigenvalue weighted by molar-refractivity contribution is 0.210. The monoisotopic (exact) mass is 235 g/mol. The zero-order chi connectivity index (χ0) is 11.4. The highest BCUT2D eigenvalue weighted by molar-refractivity contribution is 6.32. The van der Waals surface area contributed by atoms with Gasteiger partial charge in [-0.1, -0.05) is 17.7 Å². The number of hydrogen-bond acceptors (Lipinski definition) is 2. The molecular formula is C13H14ClNO. The number of nitriles is 1. The molecule has 0 radical (unpaired) electrons. The van der Waals surface area contributed by atoms with Gasteiger partial charge in [-0.25, -0.2) is 0 Å². The molecule has 1 aromatic carbocycles. The minimum atomic E-state index is 0.319. The maximum atomic E-state index is 8.59. The fourth-order valence-electron chi connectivity index (χ4n) is 2.03. The molecule has 1 saturated carbocycles. The Morgan fingerprint density at radius 3 is 2.75 bits per heavy atom. The van der Waals surface area contributed by atoms with Gasteiger partial charge in [0, 0.05) is 0 Å². The van der Waals surface area contributed by atoms with Crippen molar-refractivity contribution in [3.63, 3.8) is 0 Å². The Hall–Kier alpha value is -1.20. The third kappa shape index (κ3) is 2.68. The fraction of sp³-hybridized carbons (Fsp3) is 0.462. The van der Waals surface area contributed by atoms with Gasteiger partial charge < -0.3 is 4.74 Å². The molecule has 0 amide bonds. The van der Waals surface area contributed by atoms with E-state index >= 15 is 0 Å². The van der Waals surface area contributed by atoms with Gasteiger partial charge >= 0.3 is 0 Å². The van der Waals surface area contributed by atoms with Crippen molar-refractivity contribution in [2.24, 2.45) is 0 Å². The molecule has 2 rings (SSSR count). The van der Waals surface area contributed by atoms with Crippen LogP contribution in [0.3, 0.4) is 0 Å². The molecule has 2 nitrogen and oxygen atoms in total. The Labute approximate surface area is 101 Å². The lowest BCUT2D eigenvalue weighted by Gasteiger charge is -2.14. The van der Waals surface area contributed by atoms with Gasteiger partial charge in [-0.2, -0.15) is 5.26 Å². The number of nitrogens with zero attached hydrogens (tertiary/aromatic N) is 1. The number of ether oxygens (including phenoxy) is 1. The first-order valence-electron chi connectivity index (χ1n) is 5.61. The fourth-order valence-corrected chi connectivity index (χ4v) is 2.27. The van der Waals surface area contributed by atoms with E-state index in [-0.39, 0.29) is 0 Å². The molecular weight excluding hydrogens is 222 g/mol. The first-order valence-corrected chi connectivity index (χ1v) is 5.99. The summed E-state index contributed by atoms with van der Waals surface area (Å²) in [6, 6.07) is 7.69. The van der Waals surface area contributed by atoms with E-state index in [1.807, 2.05) is 18.2 Å². The van der Waals surface area contributed by atoms with Crippen molar-refractivity contribution in [1.82, 2.24) is 0 Å². The molecule has 0 saturated heterocycles. The Bertz CT molecular complexity index is 405. The minimum absolute atomic E-state index is 0.319. The molecule has 1 fully saturated rings. The highest BCUT2D eigenvalue weighted by atomic mass is 35.5. The van der Waals surface area contributed by atoms with Gasteiger partial charge in [0.15, 0.2) is 0 Å². The summed E-state index contributed by atoms with van der Waals surface area (Å²) in [6.07, 6.45) is 5.44. The number of halogens is 1. The van der Waals surface area contributed by atoms with Crippen LogP contribution in [0.5, 0.6) is 5.75 Å². The molecule has 84 valence electrons.